The first-order valence-electron chi connectivity index (χ1n) is 11.5. The summed E-state index contributed by atoms with van der Waals surface area (Å²) >= 11 is 0. The molecule has 2 atom stereocenters. The largest absolute Gasteiger partial charge is 0.496 e. The highest BCUT2D eigenvalue weighted by atomic mass is 16.5. The van der Waals surface area contributed by atoms with Crippen LogP contribution in [-0.2, 0) is 15.0 Å². The Hall–Kier alpha value is -2.89. The van der Waals surface area contributed by atoms with Gasteiger partial charge in [-0.25, -0.2) is 0 Å². The summed E-state index contributed by atoms with van der Waals surface area (Å²) in [7, 11) is 1.63. The van der Waals surface area contributed by atoms with Crippen LogP contribution in [-0.4, -0.2) is 41.9 Å². The molecule has 2 aromatic rings. The Labute approximate surface area is 191 Å². The van der Waals surface area contributed by atoms with E-state index in [1.54, 1.807) is 19.5 Å². The summed E-state index contributed by atoms with van der Waals surface area (Å²) in [6, 6.07) is 11.4. The average Bonchev–Trinajstić information content (AvgIpc) is 2.82. The molecule has 1 aromatic carbocycles. The molecule has 2 unspecified atom stereocenters. The second kappa shape index (κ2) is 10.6. The van der Waals surface area contributed by atoms with Gasteiger partial charge < -0.3 is 15.0 Å². The van der Waals surface area contributed by atoms with E-state index in [-0.39, 0.29) is 29.2 Å². The van der Waals surface area contributed by atoms with Gasteiger partial charge in [0.15, 0.2) is 0 Å². The van der Waals surface area contributed by atoms with Crippen molar-refractivity contribution in [3.8, 4) is 5.75 Å². The van der Waals surface area contributed by atoms with Crippen molar-refractivity contribution < 1.29 is 14.3 Å². The molecule has 172 valence electrons. The number of methoxy groups -OCH3 is 1. The number of ether oxygens (including phenoxy) is 1. The fraction of sp³-hybridized carbons (Fsp3) is 0.500. The number of unbranched alkanes of at least 4 members (excludes halogenated alkanes) is 1. The number of nitrogens with one attached hydrogen (secondary N) is 1. The van der Waals surface area contributed by atoms with Gasteiger partial charge in [0.05, 0.1) is 19.1 Å². The molecule has 2 heterocycles. The van der Waals surface area contributed by atoms with Crippen molar-refractivity contribution >= 4 is 11.8 Å². The SMILES string of the molecule is CCCCN1C(=O)CCC(C(=O)NCC(C)(C)c2ccncc2)C1c1ccccc1OC. The normalized spacial score (nSPS) is 19.0. The Morgan fingerprint density at radius 2 is 1.94 bits per heavy atom. The summed E-state index contributed by atoms with van der Waals surface area (Å²) in [4.78, 5) is 32.4. The Kier molecular flexibility index (Phi) is 7.89. The molecule has 1 aliphatic heterocycles. The summed E-state index contributed by atoms with van der Waals surface area (Å²) < 4.78 is 5.61. The first-order valence-corrected chi connectivity index (χ1v) is 11.5. The smallest absolute Gasteiger partial charge is 0.225 e. The van der Waals surface area contributed by atoms with Crippen LogP contribution in [0.5, 0.6) is 5.75 Å². The van der Waals surface area contributed by atoms with E-state index in [4.69, 9.17) is 4.74 Å². The predicted octanol–water partition coefficient (Wildman–Crippen LogP) is 4.26. The maximum Gasteiger partial charge on any atom is 0.225 e. The zero-order chi connectivity index (χ0) is 23.1. The monoisotopic (exact) mass is 437 g/mol. The van der Waals surface area contributed by atoms with E-state index in [1.165, 1.54) is 0 Å². The summed E-state index contributed by atoms with van der Waals surface area (Å²) in [5.74, 6) is 0.477. The third-order valence-corrected chi connectivity index (χ3v) is 6.42. The lowest BCUT2D eigenvalue weighted by Crippen LogP contribution is -2.49. The van der Waals surface area contributed by atoms with Gasteiger partial charge in [-0.2, -0.15) is 0 Å². The molecule has 0 bridgehead atoms. The van der Waals surface area contributed by atoms with Crippen LogP contribution in [0.2, 0.25) is 0 Å². The van der Waals surface area contributed by atoms with E-state index in [2.05, 4.69) is 31.1 Å². The second-order valence-corrected chi connectivity index (χ2v) is 9.11. The highest BCUT2D eigenvalue weighted by Crippen LogP contribution is 2.41. The van der Waals surface area contributed by atoms with Crippen LogP contribution < -0.4 is 10.1 Å². The van der Waals surface area contributed by atoms with Crippen LogP contribution >= 0.6 is 0 Å². The molecule has 32 heavy (non-hydrogen) atoms. The average molecular weight is 438 g/mol. The maximum absolute atomic E-state index is 13.5. The van der Waals surface area contributed by atoms with Gasteiger partial charge in [-0.05, 0) is 36.6 Å². The molecule has 1 aliphatic rings. The standard InChI is InChI=1S/C26H35N3O3/c1-5-6-17-29-23(30)12-11-21(24(29)20-9-7-8-10-22(20)32-4)25(31)28-18-26(2,3)19-13-15-27-16-14-19/h7-10,13-16,21,24H,5-6,11-12,17-18H2,1-4H3,(H,28,31). The lowest BCUT2D eigenvalue weighted by molar-refractivity contribution is -0.143. The third kappa shape index (κ3) is 5.29. The fourth-order valence-corrected chi connectivity index (χ4v) is 4.46. The molecule has 0 aliphatic carbocycles. The lowest BCUT2D eigenvalue weighted by Gasteiger charge is -2.41. The van der Waals surface area contributed by atoms with Crippen LogP contribution in [0.1, 0.15) is 63.6 Å². The molecule has 1 fully saturated rings. The third-order valence-electron chi connectivity index (χ3n) is 6.42. The van der Waals surface area contributed by atoms with E-state index in [0.717, 1.165) is 24.0 Å². The highest BCUT2D eigenvalue weighted by molar-refractivity contribution is 5.85. The van der Waals surface area contributed by atoms with Gasteiger partial charge in [0, 0.05) is 42.9 Å². The summed E-state index contributed by atoms with van der Waals surface area (Å²) in [6.07, 6.45) is 6.36. The summed E-state index contributed by atoms with van der Waals surface area (Å²) in [5, 5.41) is 3.18. The van der Waals surface area contributed by atoms with Crippen LogP contribution in [0.3, 0.4) is 0 Å². The minimum Gasteiger partial charge on any atom is -0.496 e. The van der Waals surface area contributed by atoms with Crippen molar-refractivity contribution in [2.75, 3.05) is 20.2 Å². The molecule has 6 heteroatoms. The van der Waals surface area contributed by atoms with E-state index in [1.807, 2.05) is 41.3 Å². The number of likely N-dealkylation sites (tertiary alicyclic amines) is 1. The zero-order valence-electron chi connectivity index (χ0n) is 19.6. The number of piperidine rings is 1. The lowest BCUT2D eigenvalue weighted by atomic mass is 9.82. The Bertz CT molecular complexity index is 914. The molecule has 3 rings (SSSR count). The zero-order valence-corrected chi connectivity index (χ0v) is 19.6. The predicted molar refractivity (Wildman–Crippen MR) is 125 cm³/mol. The van der Waals surface area contributed by atoms with Crippen molar-refractivity contribution in [2.45, 2.75) is 57.9 Å². The minimum absolute atomic E-state index is 0.0166. The Morgan fingerprint density at radius 1 is 1.22 bits per heavy atom. The topological polar surface area (TPSA) is 71.5 Å². The van der Waals surface area contributed by atoms with Gasteiger partial charge in [0.25, 0.3) is 0 Å². The van der Waals surface area contributed by atoms with Crippen molar-refractivity contribution in [2.24, 2.45) is 5.92 Å². The summed E-state index contributed by atoms with van der Waals surface area (Å²) in [5.41, 5.74) is 1.79. The van der Waals surface area contributed by atoms with Crippen molar-refractivity contribution in [1.82, 2.24) is 15.2 Å². The quantitative estimate of drug-likeness (QED) is 0.636. The number of carbonyl (C=O) groups excluding carboxylic acids is 2. The molecule has 0 spiro atoms. The van der Waals surface area contributed by atoms with Crippen LogP contribution in [0.25, 0.3) is 0 Å². The number of benzene rings is 1. The van der Waals surface area contributed by atoms with Gasteiger partial charge in [0.2, 0.25) is 11.8 Å². The molecule has 6 nitrogen and oxygen atoms in total. The van der Waals surface area contributed by atoms with Crippen LogP contribution in [0, 0.1) is 5.92 Å². The van der Waals surface area contributed by atoms with E-state index >= 15 is 0 Å². The van der Waals surface area contributed by atoms with Crippen molar-refractivity contribution in [3.63, 3.8) is 0 Å². The van der Waals surface area contributed by atoms with E-state index in [9.17, 15) is 9.59 Å². The number of rotatable bonds is 9. The first-order chi connectivity index (χ1) is 15.4. The Balaban J connectivity index is 1.86. The van der Waals surface area contributed by atoms with Crippen LogP contribution in [0.15, 0.2) is 48.8 Å². The number of para-hydroxylation sites is 1. The van der Waals surface area contributed by atoms with Crippen molar-refractivity contribution in [3.05, 3.63) is 59.9 Å². The van der Waals surface area contributed by atoms with Gasteiger partial charge >= 0.3 is 0 Å². The van der Waals surface area contributed by atoms with Gasteiger partial charge in [-0.1, -0.05) is 45.4 Å². The van der Waals surface area contributed by atoms with Gasteiger partial charge in [-0.15, -0.1) is 0 Å². The number of hydrogen-bond acceptors (Lipinski definition) is 4. The first kappa shape index (κ1) is 23.8. The van der Waals surface area contributed by atoms with Gasteiger partial charge in [0.1, 0.15) is 5.75 Å². The highest BCUT2D eigenvalue weighted by Gasteiger charge is 2.41. The summed E-state index contributed by atoms with van der Waals surface area (Å²) in [6.45, 7) is 7.48. The molecule has 1 N–H and O–H groups in total. The number of hydrogen-bond donors (Lipinski definition) is 1. The minimum atomic E-state index is -0.331. The number of nitrogens with zero attached hydrogens (tertiary/aromatic N) is 2. The number of carbonyl (C=O) groups is 2. The maximum atomic E-state index is 13.5. The Morgan fingerprint density at radius 3 is 2.62 bits per heavy atom. The van der Waals surface area contributed by atoms with Crippen LogP contribution in [0.4, 0.5) is 0 Å². The number of amides is 2. The molecule has 0 radical (unpaired) electrons. The number of pyridine rings is 1. The molecular formula is C26H35N3O3. The molecular weight excluding hydrogens is 402 g/mol. The molecule has 0 saturated carbocycles. The molecule has 2 amide bonds. The fourth-order valence-electron chi connectivity index (χ4n) is 4.46. The van der Waals surface area contributed by atoms with Gasteiger partial charge in [-0.3, -0.25) is 14.6 Å². The number of aromatic nitrogens is 1. The molecule has 1 aromatic heterocycles. The van der Waals surface area contributed by atoms with E-state index < -0.39 is 0 Å². The van der Waals surface area contributed by atoms with Crippen molar-refractivity contribution in [1.29, 1.82) is 0 Å². The van der Waals surface area contributed by atoms with E-state index in [0.29, 0.717) is 31.7 Å². The molecule has 1 saturated heterocycles. The second-order valence-electron chi connectivity index (χ2n) is 9.11.